The van der Waals surface area contributed by atoms with Crippen LogP contribution in [0.4, 0.5) is 0 Å². The second kappa shape index (κ2) is 9.68. The molecule has 2 rings (SSSR count). The quantitative estimate of drug-likeness (QED) is 0.878. The molecular formula is C12H20Cl2N2O. The summed E-state index contributed by atoms with van der Waals surface area (Å²) in [6.07, 6.45) is 0. The van der Waals surface area contributed by atoms with E-state index in [1.807, 2.05) is 18.2 Å². The molecule has 1 heterocycles. The summed E-state index contributed by atoms with van der Waals surface area (Å²) < 4.78 is 5.66. The largest absolute Gasteiger partial charge is 0.375 e. The van der Waals surface area contributed by atoms with Crippen molar-refractivity contribution in [2.75, 3.05) is 26.2 Å². The topological polar surface area (TPSA) is 33.3 Å². The van der Waals surface area contributed by atoms with Crippen molar-refractivity contribution in [1.29, 1.82) is 0 Å². The SMILES string of the molecule is Cl.Cl.c1ccc(COCC2CNCCN2)cc1. The third-order valence-electron chi connectivity index (χ3n) is 2.56. The maximum atomic E-state index is 5.66. The van der Waals surface area contributed by atoms with Gasteiger partial charge < -0.3 is 15.4 Å². The van der Waals surface area contributed by atoms with E-state index in [1.54, 1.807) is 0 Å². The molecule has 0 aromatic heterocycles. The summed E-state index contributed by atoms with van der Waals surface area (Å²) >= 11 is 0. The molecule has 0 saturated carbocycles. The summed E-state index contributed by atoms with van der Waals surface area (Å²) in [7, 11) is 0. The lowest BCUT2D eigenvalue weighted by Crippen LogP contribution is -2.50. The van der Waals surface area contributed by atoms with E-state index in [9.17, 15) is 0 Å². The van der Waals surface area contributed by atoms with Gasteiger partial charge in [-0.05, 0) is 5.56 Å². The molecule has 1 saturated heterocycles. The van der Waals surface area contributed by atoms with Gasteiger partial charge in [0, 0.05) is 25.7 Å². The molecule has 1 aromatic carbocycles. The minimum Gasteiger partial charge on any atom is -0.375 e. The van der Waals surface area contributed by atoms with Gasteiger partial charge in [-0.15, -0.1) is 24.8 Å². The summed E-state index contributed by atoms with van der Waals surface area (Å²) in [6.45, 7) is 4.60. The van der Waals surface area contributed by atoms with Crippen molar-refractivity contribution in [3.63, 3.8) is 0 Å². The van der Waals surface area contributed by atoms with E-state index in [0.717, 1.165) is 26.2 Å². The molecule has 0 amide bonds. The fourth-order valence-corrected chi connectivity index (χ4v) is 1.72. The Labute approximate surface area is 115 Å². The Morgan fingerprint density at radius 3 is 2.53 bits per heavy atom. The molecule has 0 radical (unpaired) electrons. The van der Waals surface area contributed by atoms with Gasteiger partial charge in [-0.25, -0.2) is 0 Å². The van der Waals surface area contributed by atoms with Crippen molar-refractivity contribution in [3.05, 3.63) is 35.9 Å². The van der Waals surface area contributed by atoms with Crippen LogP contribution < -0.4 is 10.6 Å². The predicted molar refractivity (Wildman–Crippen MR) is 75.3 cm³/mol. The fourth-order valence-electron chi connectivity index (χ4n) is 1.72. The van der Waals surface area contributed by atoms with Gasteiger partial charge in [0.2, 0.25) is 0 Å². The van der Waals surface area contributed by atoms with Gasteiger partial charge in [-0.1, -0.05) is 30.3 Å². The molecule has 1 unspecified atom stereocenters. The fraction of sp³-hybridized carbons (Fsp3) is 0.500. The zero-order chi connectivity index (χ0) is 10.3. The third-order valence-corrected chi connectivity index (χ3v) is 2.56. The Morgan fingerprint density at radius 2 is 1.88 bits per heavy atom. The number of piperazine rings is 1. The van der Waals surface area contributed by atoms with Gasteiger partial charge in [0.15, 0.2) is 0 Å². The summed E-state index contributed by atoms with van der Waals surface area (Å²) in [5, 5.41) is 6.76. The first-order valence-electron chi connectivity index (χ1n) is 5.51. The van der Waals surface area contributed by atoms with Crippen LogP contribution in [0.15, 0.2) is 30.3 Å². The molecule has 1 aliphatic rings. The minimum absolute atomic E-state index is 0. The number of benzene rings is 1. The van der Waals surface area contributed by atoms with Crippen LogP contribution in [0.1, 0.15) is 5.56 Å². The Morgan fingerprint density at radius 1 is 1.12 bits per heavy atom. The molecule has 1 fully saturated rings. The van der Waals surface area contributed by atoms with Crippen molar-refractivity contribution in [3.8, 4) is 0 Å². The molecule has 0 aliphatic carbocycles. The highest BCUT2D eigenvalue weighted by Gasteiger charge is 2.11. The average molecular weight is 279 g/mol. The number of rotatable bonds is 4. The Kier molecular flexibility index (Phi) is 9.50. The molecule has 17 heavy (non-hydrogen) atoms. The first kappa shape index (κ1) is 16.7. The smallest absolute Gasteiger partial charge is 0.0717 e. The van der Waals surface area contributed by atoms with E-state index in [0.29, 0.717) is 12.6 Å². The van der Waals surface area contributed by atoms with Crippen molar-refractivity contribution in [2.24, 2.45) is 0 Å². The van der Waals surface area contributed by atoms with E-state index >= 15 is 0 Å². The molecule has 0 spiro atoms. The second-order valence-corrected chi connectivity index (χ2v) is 3.86. The Bertz CT molecular complexity index is 279. The summed E-state index contributed by atoms with van der Waals surface area (Å²) in [4.78, 5) is 0. The molecule has 5 heteroatoms. The second-order valence-electron chi connectivity index (χ2n) is 3.86. The molecule has 1 aromatic rings. The summed E-state index contributed by atoms with van der Waals surface area (Å²) in [5.74, 6) is 0. The van der Waals surface area contributed by atoms with E-state index in [2.05, 4.69) is 22.8 Å². The maximum Gasteiger partial charge on any atom is 0.0717 e. The Hall–Kier alpha value is -0.320. The van der Waals surface area contributed by atoms with Crippen molar-refractivity contribution in [2.45, 2.75) is 12.6 Å². The zero-order valence-corrected chi connectivity index (χ0v) is 11.4. The van der Waals surface area contributed by atoms with Crippen LogP contribution in [0, 0.1) is 0 Å². The maximum absolute atomic E-state index is 5.66. The predicted octanol–water partition coefficient (Wildman–Crippen LogP) is 1.61. The van der Waals surface area contributed by atoms with E-state index in [1.165, 1.54) is 5.56 Å². The number of hydrogen-bond acceptors (Lipinski definition) is 3. The number of halogens is 2. The summed E-state index contributed by atoms with van der Waals surface area (Å²) in [6, 6.07) is 10.7. The van der Waals surface area contributed by atoms with E-state index in [4.69, 9.17) is 4.74 Å². The highest BCUT2D eigenvalue weighted by atomic mass is 35.5. The zero-order valence-electron chi connectivity index (χ0n) is 9.72. The average Bonchev–Trinajstić information content (AvgIpc) is 2.32. The van der Waals surface area contributed by atoms with Gasteiger partial charge >= 0.3 is 0 Å². The minimum atomic E-state index is 0. The third kappa shape index (κ3) is 6.24. The normalized spacial score (nSPS) is 18.9. The van der Waals surface area contributed by atoms with Gasteiger partial charge in [0.1, 0.15) is 0 Å². The van der Waals surface area contributed by atoms with E-state index in [-0.39, 0.29) is 24.8 Å². The standard InChI is InChI=1S/C12H18N2O.2ClH/c1-2-4-11(5-3-1)9-15-10-12-8-13-6-7-14-12;;/h1-5,12-14H,6-10H2;2*1H. The van der Waals surface area contributed by atoms with E-state index < -0.39 is 0 Å². The molecular weight excluding hydrogens is 259 g/mol. The first-order chi connectivity index (χ1) is 7.45. The van der Waals surface area contributed by atoms with Gasteiger partial charge in [-0.3, -0.25) is 0 Å². The highest BCUT2D eigenvalue weighted by Crippen LogP contribution is 2.01. The van der Waals surface area contributed by atoms with Crippen LogP contribution in [-0.4, -0.2) is 32.3 Å². The Balaban J connectivity index is 0.00000128. The van der Waals surface area contributed by atoms with Gasteiger partial charge in [0.25, 0.3) is 0 Å². The lowest BCUT2D eigenvalue weighted by atomic mass is 10.2. The number of ether oxygens (including phenoxy) is 1. The van der Waals surface area contributed by atoms with Crippen molar-refractivity contribution in [1.82, 2.24) is 10.6 Å². The number of nitrogens with one attached hydrogen (secondary N) is 2. The number of hydrogen-bond donors (Lipinski definition) is 2. The monoisotopic (exact) mass is 278 g/mol. The van der Waals surface area contributed by atoms with Gasteiger partial charge in [0.05, 0.1) is 13.2 Å². The summed E-state index contributed by atoms with van der Waals surface area (Å²) in [5.41, 5.74) is 1.24. The molecule has 0 bridgehead atoms. The van der Waals surface area contributed by atoms with Crippen LogP contribution in [0.2, 0.25) is 0 Å². The van der Waals surface area contributed by atoms with Crippen LogP contribution in [0.3, 0.4) is 0 Å². The molecule has 1 aliphatic heterocycles. The first-order valence-corrected chi connectivity index (χ1v) is 5.51. The highest BCUT2D eigenvalue weighted by molar-refractivity contribution is 5.85. The lowest BCUT2D eigenvalue weighted by molar-refractivity contribution is 0.0945. The molecule has 98 valence electrons. The lowest BCUT2D eigenvalue weighted by Gasteiger charge is -2.24. The molecule has 3 nitrogen and oxygen atoms in total. The van der Waals surface area contributed by atoms with Crippen LogP contribution in [0.25, 0.3) is 0 Å². The van der Waals surface area contributed by atoms with Crippen molar-refractivity contribution < 1.29 is 4.74 Å². The van der Waals surface area contributed by atoms with Gasteiger partial charge in [-0.2, -0.15) is 0 Å². The van der Waals surface area contributed by atoms with Crippen LogP contribution >= 0.6 is 24.8 Å². The van der Waals surface area contributed by atoms with Crippen molar-refractivity contribution >= 4 is 24.8 Å². The molecule has 1 atom stereocenters. The molecule has 2 N–H and O–H groups in total. The van der Waals surface area contributed by atoms with Crippen LogP contribution in [0.5, 0.6) is 0 Å². The van der Waals surface area contributed by atoms with Crippen LogP contribution in [-0.2, 0) is 11.3 Å².